The molecule has 0 saturated carbocycles. The molecule has 2 aliphatic rings. The van der Waals surface area contributed by atoms with Crippen LogP contribution in [0.25, 0.3) is 0 Å². The summed E-state index contributed by atoms with van der Waals surface area (Å²) in [4.78, 5) is 44.2. The molecule has 2 aliphatic heterocycles. The van der Waals surface area contributed by atoms with E-state index in [1.807, 2.05) is 30.3 Å². The lowest BCUT2D eigenvalue weighted by Gasteiger charge is -2.41. The first kappa shape index (κ1) is 23.0. The molecular weight excluding hydrogens is 422 g/mol. The number of aliphatic hydroxyl groups is 1. The number of rotatable bonds is 6. The van der Waals surface area contributed by atoms with Crippen LogP contribution in [0.15, 0.2) is 53.1 Å². The van der Waals surface area contributed by atoms with Crippen molar-refractivity contribution in [1.82, 2.24) is 15.1 Å². The lowest BCUT2D eigenvalue weighted by molar-refractivity contribution is -0.153. The molecule has 2 aromatic rings. The van der Waals surface area contributed by atoms with Crippen LogP contribution in [0.3, 0.4) is 0 Å². The summed E-state index contributed by atoms with van der Waals surface area (Å²) in [7, 11) is 1.57. The Kier molecular flexibility index (Phi) is 6.83. The predicted molar refractivity (Wildman–Crippen MR) is 121 cm³/mol. The summed E-state index contributed by atoms with van der Waals surface area (Å²) in [6, 6.07) is 12.2. The molecular formula is C25H31N3O5. The van der Waals surface area contributed by atoms with Gasteiger partial charge in [0.15, 0.2) is 0 Å². The predicted octanol–water partition coefficient (Wildman–Crippen LogP) is 1.90. The number of nitrogens with zero attached hydrogens (tertiary/aromatic N) is 2. The van der Waals surface area contributed by atoms with Crippen LogP contribution in [0.5, 0.6) is 0 Å². The average molecular weight is 454 g/mol. The van der Waals surface area contributed by atoms with E-state index >= 15 is 0 Å². The molecule has 1 spiro atoms. The van der Waals surface area contributed by atoms with Crippen molar-refractivity contribution in [2.75, 3.05) is 26.7 Å². The molecule has 8 heteroatoms. The molecule has 2 N–H and O–H groups in total. The van der Waals surface area contributed by atoms with Crippen molar-refractivity contribution in [3.05, 3.63) is 60.1 Å². The maximum Gasteiger partial charge on any atom is 0.248 e. The van der Waals surface area contributed by atoms with Gasteiger partial charge in [0, 0.05) is 20.1 Å². The summed E-state index contributed by atoms with van der Waals surface area (Å²) in [5.74, 6) is -0.769. The highest BCUT2D eigenvalue weighted by Gasteiger charge is 2.61. The van der Waals surface area contributed by atoms with Crippen LogP contribution >= 0.6 is 0 Å². The monoisotopic (exact) mass is 453 g/mol. The van der Waals surface area contributed by atoms with E-state index in [9.17, 15) is 19.5 Å². The fourth-order valence-electron chi connectivity index (χ4n) is 5.45. The molecule has 0 bridgehead atoms. The van der Waals surface area contributed by atoms with Gasteiger partial charge in [-0.1, -0.05) is 30.3 Å². The molecule has 8 nitrogen and oxygen atoms in total. The van der Waals surface area contributed by atoms with Crippen LogP contribution < -0.4 is 5.32 Å². The Labute approximate surface area is 193 Å². The van der Waals surface area contributed by atoms with Crippen LogP contribution in [0.2, 0.25) is 0 Å². The van der Waals surface area contributed by atoms with E-state index in [-0.39, 0.29) is 43.7 Å². The molecule has 2 fully saturated rings. The molecule has 1 aromatic heterocycles. The zero-order valence-electron chi connectivity index (χ0n) is 18.9. The zero-order chi connectivity index (χ0) is 23.4. The Morgan fingerprint density at radius 3 is 2.64 bits per heavy atom. The Morgan fingerprint density at radius 2 is 1.97 bits per heavy atom. The molecule has 3 amide bonds. The van der Waals surface area contributed by atoms with Gasteiger partial charge in [-0.05, 0) is 43.4 Å². The smallest absolute Gasteiger partial charge is 0.248 e. The van der Waals surface area contributed by atoms with E-state index in [1.165, 1.54) is 6.26 Å². The topological polar surface area (TPSA) is 103 Å². The van der Waals surface area contributed by atoms with E-state index in [0.29, 0.717) is 18.7 Å². The number of benzene rings is 1. The number of amides is 3. The molecule has 4 rings (SSSR count). The summed E-state index contributed by atoms with van der Waals surface area (Å²) in [6.45, 7) is 0.579. The van der Waals surface area contributed by atoms with Crippen LogP contribution in [0.4, 0.5) is 0 Å². The molecule has 3 heterocycles. The minimum absolute atomic E-state index is 0.119. The molecule has 0 radical (unpaired) electrons. The first-order valence-electron chi connectivity index (χ1n) is 11.5. The van der Waals surface area contributed by atoms with Crippen molar-refractivity contribution in [3.63, 3.8) is 0 Å². The number of nitrogens with one attached hydrogen (secondary N) is 1. The molecule has 0 unspecified atom stereocenters. The van der Waals surface area contributed by atoms with Gasteiger partial charge in [-0.3, -0.25) is 14.4 Å². The first-order valence-corrected chi connectivity index (χ1v) is 11.5. The molecule has 3 atom stereocenters. The second-order valence-corrected chi connectivity index (χ2v) is 8.82. The third-order valence-corrected chi connectivity index (χ3v) is 6.89. The Morgan fingerprint density at radius 1 is 1.18 bits per heavy atom. The van der Waals surface area contributed by atoms with Crippen molar-refractivity contribution in [3.8, 4) is 0 Å². The van der Waals surface area contributed by atoms with Crippen LogP contribution in [0.1, 0.15) is 43.0 Å². The van der Waals surface area contributed by atoms with E-state index in [2.05, 4.69) is 5.32 Å². The quantitative estimate of drug-likeness (QED) is 0.696. The minimum atomic E-state index is -1.16. The number of furan rings is 1. The number of carbonyl (C=O) groups is 3. The van der Waals surface area contributed by atoms with Crippen LogP contribution in [-0.2, 0) is 20.8 Å². The van der Waals surface area contributed by atoms with Gasteiger partial charge in [0.2, 0.25) is 17.7 Å². The number of aliphatic hydroxyl groups excluding tert-OH is 1. The lowest BCUT2D eigenvalue weighted by Crippen LogP contribution is -2.58. The van der Waals surface area contributed by atoms with E-state index in [0.717, 1.165) is 18.4 Å². The van der Waals surface area contributed by atoms with Gasteiger partial charge in [-0.15, -0.1) is 0 Å². The van der Waals surface area contributed by atoms with E-state index in [4.69, 9.17) is 4.42 Å². The normalized spacial score (nSPS) is 25.3. The second-order valence-electron chi connectivity index (χ2n) is 8.82. The third-order valence-electron chi connectivity index (χ3n) is 6.89. The van der Waals surface area contributed by atoms with E-state index in [1.54, 1.807) is 29.0 Å². The van der Waals surface area contributed by atoms with Gasteiger partial charge in [-0.25, -0.2) is 0 Å². The number of hydrogen-bond acceptors (Lipinski definition) is 5. The molecule has 33 heavy (non-hydrogen) atoms. The van der Waals surface area contributed by atoms with Gasteiger partial charge in [0.25, 0.3) is 0 Å². The average Bonchev–Trinajstić information content (AvgIpc) is 3.44. The molecule has 0 aliphatic carbocycles. The second kappa shape index (κ2) is 9.79. The molecule has 1 aromatic carbocycles. The number of likely N-dealkylation sites (tertiary alicyclic amines) is 2. The van der Waals surface area contributed by atoms with Crippen molar-refractivity contribution in [2.45, 2.75) is 43.7 Å². The number of β-amino-alcohol motifs (C(OH)–C–C–N with tert-alkyl or cyclic N) is 1. The standard InChI is InChI=1S/C25H31N3O5/c1-26-23(31)19-17-25(11-5-6-12-27(13-14-29)24(25)32)28(22(19)20-10-7-15-33-20)21(30)16-18-8-3-2-4-9-18/h2-4,7-10,15,19,22,29H,5-6,11-14,16-17H2,1H3,(H,26,31)/t19-,22+,25-/m0/s1. The summed E-state index contributed by atoms with van der Waals surface area (Å²) < 4.78 is 5.71. The first-order chi connectivity index (χ1) is 16.0. The number of hydrogen-bond donors (Lipinski definition) is 2. The van der Waals surface area contributed by atoms with Crippen LogP contribution in [-0.4, -0.2) is 64.9 Å². The summed E-state index contributed by atoms with van der Waals surface area (Å²) in [5.41, 5.74) is -0.320. The SMILES string of the molecule is CNC(=O)[C@H]1C[C@]2(CCCCN(CCO)C2=O)N(C(=O)Cc2ccccc2)[C@H]1c1ccco1. The lowest BCUT2D eigenvalue weighted by atomic mass is 9.85. The van der Waals surface area contributed by atoms with Gasteiger partial charge < -0.3 is 24.6 Å². The van der Waals surface area contributed by atoms with Gasteiger partial charge in [0.05, 0.1) is 25.2 Å². The highest BCUT2D eigenvalue weighted by Crippen LogP contribution is 2.51. The highest BCUT2D eigenvalue weighted by atomic mass is 16.3. The maximum atomic E-state index is 14.0. The summed E-state index contributed by atoms with van der Waals surface area (Å²) >= 11 is 0. The minimum Gasteiger partial charge on any atom is -0.467 e. The maximum absolute atomic E-state index is 14.0. The van der Waals surface area contributed by atoms with Gasteiger partial charge in [0.1, 0.15) is 17.3 Å². The van der Waals surface area contributed by atoms with Crippen molar-refractivity contribution >= 4 is 17.7 Å². The van der Waals surface area contributed by atoms with Gasteiger partial charge >= 0.3 is 0 Å². The third kappa shape index (κ3) is 4.27. The zero-order valence-corrected chi connectivity index (χ0v) is 18.9. The highest BCUT2D eigenvalue weighted by molar-refractivity contribution is 5.95. The summed E-state index contributed by atoms with van der Waals surface area (Å²) in [5, 5.41) is 12.3. The molecule has 2 saturated heterocycles. The Balaban J connectivity index is 1.82. The van der Waals surface area contributed by atoms with E-state index < -0.39 is 17.5 Å². The van der Waals surface area contributed by atoms with Gasteiger partial charge in [-0.2, -0.15) is 0 Å². The Hall–Kier alpha value is -3.13. The molecule has 176 valence electrons. The fourth-order valence-corrected chi connectivity index (χ4v) is 5.45. The number of carbonyl (C=O) groups excluding carboxylic acids is 3. The van der Waals surface area contributed by atoms with Crippen molar-refractivity contribution in [1.29, 1.82) is 0 Å². The van der Waals surface area contributed by atoms with Crippen molar-refractivity contribution in [2.24, 2.45) is 5.92 Å². The summed E-state index contributed by atoms with van der Waals surface area (Å²) in [6.07, 6.45) is 3.86. The van der Waals surface area contributed by atoms with Crippen molar-refractivity contribution < 1.29 is 23.9 Å². The Bertz CT molecular complexity index is 977. The largest absolute Gasteiger partial charge is 0.467 e. The fraction of sp³-hybridized carbons (Fsp3) is 0.480. The van der Waals surface area contributed by atoms with Crippen LogP contribution in [0, 0.1) is 5.92 Å².